The van der Waals surface area contributed by atoms with Crippen LogP contribution in [0.1, 0.15) is 16.2 Å². The first-order chi connectivity index (χ1) is 12.6. The number of rotatable bonds is 5. The van der Waals surface area contributed by atoms with Crippen LogP contribution in [0.3, 0.4) is 0 Å². The molecule has 1 aromatic heterocycles. The largest absolute Gasteiger partial charge is 0.481 e. The summed E-state index contributed by atoms with van der Waals surface area (Å²) < 4.78 is 5.34. The van der Waals surface area contributed by atoms with Gasteiger partial charge in [0.05, 0.1) is 0 Å². The molecule has 6 nitrogen and oxygen atoms in total. The first-order valence-electron chi connectivity index (χ1n) is 8.02. The monoisotopic (exact) mass is 346 g/mol. The molecule has 0 atom stereocenters. The Morgan fingerprint density at radius 2 is 1.88 bits per heavy atom. The Labute approximate surface area is 151 Å². The number of carbonyl (C=O) groups is 1. The second-order valence-corrected chi connectivity index (χ2v) is 5.67. The highest BCUT2D eigenvalue weighted by atomic mass is 16.5. The summed E-state index contributed by atoms with van der Waals surface area (Å²) in [4.78, 5) is 18.5. The van der Waals surface area contributed by atoms with E-state index in [9.17, 15) is 4.79 Å². The van der Waals surface area contributed by atoms with Gasteiger partial charge in [-0.25, -0.2) is 4.98 Å². The minimum absolute atomic E-state index is 0.111. The number of H-pyrrole nitrogens is 1. The zero-order chi connectivity index (χ0) is 18.5. The van der Waals surface area contributed by atoms with E-state index >= 15 is 0 Å². The number of aryl methyl sites for hydroxylation is 1. The van der Waals surface area contributed by atoms with Crippen LogP contribution >= 0.6 is 0 Å². The second kappa shape index (κ2) is 7.53. The highest BCUT2D eigenvalue weighted by Gasteiger charge is 2.14. The van der Waals surface area contributed by atoms with Gasteiger partial charge in [-0.3, -0.25) is 9.89 Å². The molecule has 2 aromatic carbocycles. The lowest BCUT2D eigenvalue weighted by molar-refractivity contribution is 0.0993. The molecule has 0 radical (unpaired) electrons. The number of hydrogen-bond acceptors (Lipinski definition) is 4. The number of terminal acetylenes is 1. The zero-order valence-electron chi connectivity index (χ0n) is 14.6. The number of hydrogen-bond donors (Lipinski definition) is 1. The van der Waals surface area contributed by atoms with E-state index in [0.29, 0.717) is 17.1 Å². The summed E-state index contributed by atoms with van der Waals surface area (Å²) in [7, 11) is 1.73. The van der Waals surface area contributed by atoms with E-state index in [2.05, 4.69) is 21.1 Å². The van der Waals surface area contributed by atoms with Gasteiger partial charge in [-0.15, -0.1) is 6.42 Å². The number of aromatic nitrogens is 3. The molecule has 0 saturated heterocycles. The van der Waals surface area contributed by atoms with Gasteiger partial charge in [-0.2, -0.15) is 5.10 Å². The minimum atomic E-state index is -0.111. The third kappa shape index (κ3) is 3.73. The van der Waals surface area contributed by atoms with Crippen LogP contribution in [0.25, 0.3) is 11.4 Å². The van der Waals surface area contributed by atoms with Crippen molar-refractivity contribution < 1.29 is 9.53 Å². The van der Waals surface area contributed by atoms with Crippen molar-refractivity contribution in [1.29, 1.82) is 0 Å². The van der Waals surface area contributed by atoms with E-state index in [1.165, 1.54) is 0 Å². The lowest BCUT2D eigenvalue weighted by atomic mass is 10.1. The Bertz CT molecular complexity index is 937. The van der Waals surface area contributed by atoms with E-state index in [0.717, 1.165) is 17.1 Å². The van der Waals surface area contributed by atoms with Gasteiger partial charge in [0.1, 0.15) is 18.2 Å². The summed E-state index contributed by atoms with van der Waals surface area (Å²) in [5, 5.41) is 6.92. The van der Waals surface area contributed by atoms with Crippen molar-refractivity contribution in [3.8, 4) is 29.5 Å². The fourth-order valence-electron chi connectivity index (χ4n) is 2.44. The molecule has 1 heterocycles. The molecule has 0 aliphatic carbocycles. The van der Waals surface area contributed by atoms with Gasteiger partial charge < -0.3 is 9.64 Å². The Kier molecular flexibility index (Phi) is 4.99. The number of anilines is 1. The second-order valence-electron chi connectivity index (χ2n) is 5.67. The summed E-state index contributed by atoms with van der Waals surface area (Å²) in [6, 6.07) is 14.4. The maximum absolute atomic E-state index is 12.7. The Hall–Kier alpha value is -3.59. The minimum Gasteiger partial charge on any atom is -0.481 e. The predicted molar refractivity (Wildman–Crippen MR) is 100 cm³/mol. The van der Waals surface area contributed by atoms with Crippen LogP contribution in [0.15, 0.2) is 48.5 Å². The zero-order valence-corrected chi connectivity index (χ0v) is 14.6. The van der Waals surface area contributed by atoms with Crippen LogP contribution in [0.4, 0.5) is 5.69 Å². The third-order valence-electron chi connectivity index (χ3n) is 3.84. The van der Waals surface area contributed by atoms with Crippen molar-refractivity contribution in [3.05, 3.63) is 59.9 Å². The predicted octanol–water partition coefficient (Wildman–Crippen LogP) is 3.07. The highest BCUT2D eigenvalue weighted by molar-refractivity contribution is 6.05. The van der Waals surface area contributed by atoms with Crippen LogP contribution in [0, 0.1) is 19.3 Å². The fraction of sp³-hybridized carbons (Fsp3) is 0.150. The SMILES string of the molecule is C#CCOc1ccc(N(C)C(=O)c2ccc(-c3n[nH]c(C)n3)cc2)cc1. The van der Waals surface area contributed by atoms with Crippen LogP contribution in [0.5, 0.6) is 5.75 Å². The average molecular weight is 346 g/mol. The number of ether oxygens (including phenoxy) is 1. The van der Waals surface area contributed by atoms with Gasteiger partial charge in [-0.1, -0.05) is 18.1 Å². The molecule has 0 aliphatic heterocycles. The maximum Gasteiger partial charge on any atom is 0.258 e. The van der Waals surface area contributed by atoms with Crippen LogP contribution in [-0.2, 0) is 0 Å². The van der Waals surface area contributed by atoms with Gasteiger partial charge in [0.25, 0.3) is 5.91 Å². The average Bonchev–Trinajstić information content (AvgIpc) is 3.12. The molecule has 3 aromatic rings. The van der Waals surface area contributed by atoms with E-state index in [4.69, 9.17) is 11.2 Å². The molecular weight excluding hydrogens is 328 g/mol. The first kappa shape index (κ1) is 17.2. The van der Waals surface area contributed by atoms with Crippen molar-refractivity contribution in [2.24, 2.45) is 0 Å². The van der Waals surface area contributed by atoms with Gasteiger partial charge in [0.2, 0.25) is 0 Å². The Morgan fingerprint density at radius 3 is 2.46 bits per heavy atom. The molecule has 26 heavy (non-hydrogen) atoms. The summed E-state index contributed by atoms with van der Waals surface area (Å²) in [5.41, 5.74) is 2.19. The van der Waals surface area contributed by atoms with E-state index in [1.807, 2.05) is 31.2 Å². The summed E-state index contributed by atoms with van der Waals surface area (Å²) in [5.74, 6) is 4.32. The summed E-state index contributed by atoms with van der Waals surface area (Å²) >= 11 is 0. The quantitative estimate of drug-likeness (QED) is 0.721. The van der Waals surface area contributed by atoms with Crippen molar-refractivity contribution in [2.45, 2.75) is 6.92 Å². The van der Waals surface area contributed by atoms with Crippen molar-refractivity contribution >= 4 is 11.6 Å². The maximum atomic E-state index is 12.7. The first-order valence-corrected chi connectivity index (χ1v) is 8.02. The van der Waals surface area contributed by atoms with Crippen LogP contribution in [-0.4, -0.2) is 34.7 Å². The van der Waals surface area contributed by atoms with Gasteiger partial charge >= 0.3 is 0 Å². The smallest absolute Gasteiger partial charge is 0.258 e. The molecule has 0 aliphatic rings. The molecular formula is C20H18N4O2. The summed E-state index contributed by atoms with van der Waals surface area (Å²) in [6.07, 6.45) is 5.17. The topological polar surface area (TPSA) is 71.1 Å². The molecule has 1 amide bonds. The van der Waals surface area contributed by atoms with Crippen molar-refractivity contribution in [2.75, 3.05) is 18.6 Å². The highest BCUT2D eigenvalue weighted by Crippen LogP contribution is 2.21. The van der Waals surface area contributed by atoms with Gasteiger partial charge in [0.15, 0.2) is 5.82 Å². The number of benzene rings is 2. The third-order valence-corrected chi connectivity index (χ3v) is 3.84. The van der Waals surface area contributed by atoms with Crippen LogP contribution in [0.2, 0.25) is 0 Å². The molecule has 3 rings (SSSR count). The molecule has 0 spiro atoms. The molecule has 1 N–H and O–H groups in total. The molecule has 0 saturated carbocycles. The Morgan fingerprint density at radius 1 is 1.19 bits per heavy atom. The molecule has 0 bridgehead atoms. The van der Waals surface area contributed by atoms with Gasteiger partial charge in [0, 0.05) is 23.9 Å². The standard InChI is InChI=1S/C20H18N4O2/c1-4-13-26-18-11-9-17(10-12-18)24(3)20(25)16-7-5-15(6-8-16)19-21-14(2)22-23-19/h1,5-12H,13H2,2-3H3,(H,21,22,23). The fourth-order valence-corrected chi connectivity index (χ4v) is 2.44. The van der Waals surface area contributed by atoms with Crippen molar-refractivity contribution in [1.82, 2.24) is 15.2 Å². The molecule has 0 unspecified atom stereocenters. The van der Waals surface area contributed by atoms with Crippen LogP contribution < -0.4 is 9.64 Å². The molecule has 0 fully saturated rings. The Balaban J connectivity index is 1.73. The lowest BCUT2D eigenvalue weighted by Crippen LogP contribution is -2.26. The number of aromatic amines is 1. The molecule has 6 heteroatoms. The van der Waals surface area contributed by atoms with E-state index in [1.54, 1.807) is 36.2 Å². The number of carbonyl (C=O) groups excluding carboxylic acids is 1. The normalized spacial score (nSPS) is 10.2. The number of amides is 1. The van der Waals surface area contributed by atoms with E-state index in [-0.39, 0.29) is 12.5 Å². The van der Waals surface area contributed by atoms with Crippen molar-refractivity contribution in [3.63, 3.8) is 0 Å². The molecule has 130 valence electrons. The van der Waals surface area contributed by atoms with E-state index < -0.39 is 0 Å². The number of nitrogens with zero attached hydrogens (tertiary/aromatic N) is 3. The number of nitrogens with one attached hydrogen (secondary N) is 1. The van der Waals surface area contributed by atoms with Gasteiger partial charge in [-0.05, 0) is 43.3 Å². The lowest BCUT2D eigenvalue weighted by Gasteiger charge is -2.18. The summed E-state index contributed by atoms with van der Waals surface area (Å²) in [6.45, 7) is 2.05.